The van der Waals surface area contributed by atoms with Gasteiger partial charge in [-0.1, -0.05) is 11.6 Å². The molecule has 76 valence electrons. The first-order valence-corrected chi connectivity index (χ1v) is 3.80. The van der Waals surface area contributed by atoms with Crippen molar-refractivity contribution in [3.05, 3.63) is 28.8 Å². The van der Waals surface area contributed by atoms with Crippen molar-refractivity contribution in [2.75, 3.05) is 0 Å². The number of alkyl halides is 3. The van der Waals surface area contributed by atoms with Gasteiger partial charge in [-0.3, -0.25) is 4.79 Å². The third-order valence-corrected chi connectivity index (χ3v) is 1.63. The molecular formula is C8H4ClF3O2. The van der Waals surface area contributed by atoms with E-state index in [1.165, 1.54) is 6.07 Å². The van der Waals surface area contributed by atoms with Gasteiger partial charge in [-0.2, -0.15) is 0 Å². The summed E-state index contributed by atoms with van der Waals surface area (Å²) >= 11 is 5.42. The normalized spacial score (nSPS) is 11.1. The molecule has 0 atom stereocenters. The van der Waals surface area contributed by atoms with E-state index < -0.39 is 12.1 Å². The van der Waals surface area contributed by atoms with Gasteiger partial charge in [0, 0.05) is 5.56 Å². The van der Waals surface area contributed by atoms with Crippen LogP contribution in [-0.2, 0) is 0 Å². The van der Waals surface area contributed by atoms with E-state index in [1.807, 2.05) is 0 Å². The lowest BCUT2D eigenvalue weighted by Gasteiger charge is -2.10. The molecule has 2 nitrogen and oxygen atoms in total. The number of carbonyl (C=O) groups is 1. The molecule has 0 N–H and O–H groups in total. The lowest BCUT2D eigenvalue weighted by molar-refractivity contribution is -0.274. The number of hydrogen-bond donors (Lipinski definition) is 0. The number of ether oxygens (including phenoxy) is 1. The van der Waals surface area contributed by atoms with E-state index in [4.69, 9.17) is 11.6 Å². The molecule has 14 heavy (non-hydrogen) atoms. The number of benzene rings is 1. The summed E-state index contributed by atoms with van der Waals surface area (Å²) in [7, 11) is 0. The summed E-state index contributed by atoms with van der Waals surface area (Å²) in [6, 6.07) is 3.37. The first-order valence-electron chi connectivity index (χ1n) is 3.43. The van der Waals surface area contributed by atoms with Gasteiger partial charge in [0.15, 0.2) is 0 Å². The van der Waals surface area contributed by atoms with Crippen molar-refractivity contribution in [3.63, 3.8) is 0 Å². The molecule has 0 aromatic heterocycles. The summed E-state index contributed by atoms with van der Waals surface area (Å²) < 4.78 is 38.9. The summed E-state index contributed by atoms with van der Waals surface area (Å²) in [5, 5.41) is -0.201. The van der Waals surface area contributed by atoms with Crippen molar-refractivity contribution in [1.29, 1.82) is 0 Å². The molecule has 0 heterocycles. The SMILES string of the molecule is O=Cc1ccc(Cl)c(OC(F)(F)F)c1. The molecule has 0 radical (unpaired) electrons. The Morgan fingerprint density at radius 1 is 1.36 bits per heavy atom. The van der Waals surface area contributed by atoms with Gasteiger partial charge in [-0.15, -0.1) is 13.2 Å². The highest BCUT2D eigenvalue weighted by Crippen LogP contribution is 2.30. The van der Waals surface area contributed by atoms with Gasteiger partial charge < -0.3 is 4.74 Å². The minimum atomic E-state index is -4.81. The first kappa shape index (κ1) is 10.8. The molecule has 0 unspecified atom stereocenters. The second-order valence-corrected chi connectivity index (χ2v) is 2.76. The Morgan fingerprint density at radius 2 is 2.00 bits per heavy atom. The number of hydrogen-bond acceptors (Lipinski definition) is 2. The standard InChI is InChI=1S/C8H4ClF3O2/c9-6-2-1-5(4-13)3-7(6)14-8(10,11)12/h1-4H. The van der Waals surface area contributed by atoms with E-state index >= 15 is 0 Å². The zero-order chi connectivity index (χ0) is 10.8. The second kappa shape index (κ2) is 3.88. The molecule has 1 aromatic carbocycles. The van der Waals surface area contributed by atoms with Crippen molar-refractivity contribution in [1.82, 2.24) is 0 Å². The van der Waals surface area contributed by atoms with Crippen LogP contribution in [0.25, 0.3) is 0 Å². The number of halogens is 4. The van der Waals surface area contributed by atoms with E-state index in [2.05, 4.69) is 4.74 Å². The zero-order valence-electron chi connectivity index (χ0n) is 6.64. The van der Waals surface area contributed by atoms with E-state index in [0.717, 1.165) is 12.1 Å². The smallest absolute Gasteiger partial charge is 0.404 e. The van der Waals surface area contributed by atoms with Crippen LogP contribution in [0.2, 0.25) is 5.02 Å². The fourth-order valence-corrected chi connectivity index (χ4v) is 0.952. The van der Waals surface area contributed by atoms with Crippen LogP contribution < -0.4 is 4.74 Å². The highest BCUT2D eigenvalue weighted by Gasteiger charge is 2.32. The third kappa shape index (κ3) is 2.92. The van der Waals surface area contributed by atoms with Crippen molar-refractivity contribution in [2.24, 2.45) is 0 Å². The maximum absolute atomic E-state index is 11.8. The monoisotopic (exact) mass is 224 g/mol. The summed E-state index contributed by atoms with van der Waals surface area (Å²) in [6.45, 7) is 0. The van der Waals surface area contributed by atoms with Crippen LogP contribution in [0.15, 0.2) is 18.2 Å². The Morgan fingerprint density at radius 3 is 2.50 bits per heavy atom. The molecule has 1 aromatic rings. The predicted molar refractivity (Wildman–Crippen MR) is 43.5 cm³/mol. The van der Waals surface area contributed by atoms with Gasteiger partial charge in [0.05, 0.1) is 5.02 Å². The van der Waals surface area contributed by atoms with Crippen LogP contribution in [0.3, 0.4) is 0 Å². The van der Waals surface area contributed by atoms with Crippen molar-refractivity contribution in [2.45, 2.75) is 6.36 Å². The van der Waals surface area contributed by atoms with Gasteiger partial charge in [-0.25, -0.2) is 0 Å². The molecule has 0 bridgehead atoms. The van der Waals surface area contributed by atoms with Crippen LogP contribution >= 0.6 is 11.6 Å². The molecule has 0 spiro atoms. The average Bonchev–Trinajstić information content (AvgIpc) is 2.06. The second-order valence-electron chi connectivity index (χ2n) is 2.36. The molecular weight excluding hydrogens is 221 g/mol. The van der Waals surface area contributed by atoms with Crippen LogP contribution in [0.4, 0.5) is 13.2 Å². The quantitative estimate of drug-likeness (QED) is 0.722. The largest absolute Gasteiger partial charge is 0.573 e. The van der Waals surface area contributed by atoms with E-state index in [1.54, 1.807) is 0 Å². The maximum atomic E-state index is 11.8. The van der Waals surface area contributed by atoms with Gasteiger partial charge in [0.1, 0.15) is 12.0 Å². The van der Waals surface area contributed by atoms with E-state index in [9.17, 15) is 18.0 Å². The minimum Gasteiger partial charge on any atom is -0.404 e. The molecule has 0 aliphatic rings. The Bertz CT molecular complexity index is 349. The highest BCUT2D eigenvalue weighted by molar-refractivity contribution is 6.32. The van der Waals surface area contributed by atoms with Crippen molar-refractivity contribution in [3.8, 4) is 5.75 Å². The average molecular weight is 225 g/mol. The Kier molecular flexibility index (Phi) is 3.00. The zero-order valence-corrected chi connectivity index (χ0v) is 7.39. The van der Waals surface area contributed by atoms with Crippen LogP contribution in [0.1, 0.15) is 10.4 Å². The topological polar surface area (TPSA) is 26.3 Å². The van der Waals surface area contributed by atoms with Crippen molar-refractivity contribution < 1.29 is 22.7 Å². The van der Waals surface area contributed by atoms with Gasteiger partial charge in [-0.05, 0) is 18.2 Å². The van der Waals surface area contributed by atoms with E-state index in [-0.39, 0.29) is 10.6 Å². The number of carbonyl (C=O) groups excluding carboxylic acids is 1. The number of rotatable bonds is 2. The third-order valence-electron chi connectivity index (χ3n) is 1.32. The summed E-state index contributed by atoms with van der Waals surface area (Å²) in [4.78, 5) is 10.3. The van der Waals surface area contributed by atoms with Crippen molar-refractivity contribution >= 4 is 17.9 Å². The fraction of sp³-hybridized carbons (Fsp3) is 0.125. The maximum Gasteiger partial charge on any atom is 0.573 e. The van der Waals surface area contributed by atoms with E-state index in [0.29, 0.717) is 6.29 Å². The van der Waals surface area contributed by atoms with Crippen LogP contribution in [-0.4, -0.2) is 12.6 Å². The van der Waals surface area contributed by atoms with Crippen LogP contribution in [0, 0.1) is 0 Å². The van der Waals surface area contributed by atoms with Gasteiger partial charge >= 0.3 is 6.36 Å². The summed E-state index contributed by atoms with van der Waals surface area (Å²) in [6.07, 6.45) is -4.41. The lowest BCUT2D eigenvalue weighted by atomic mass is 10.2. The Labute approximate surface area is 82.2 Å². The Balaban J connectivity index is 3.01. The molecule has 0 aliphatic carbocycles. The lowest BCUT2D eigenvalue weighted by Crippen LogP contribution is -2.17. The summed E-state index contributed by atoms with van der Waals surface area (Å²) in [5.41, 5.74) is 0.0636. The Hall–Kier alpha value is -1.23. The summed E-state index contributed by atoms with van der Waals surface area (Å²) in [5.74, 6) is -0.580. The predicted octanol–water partition coefficient (Wildman–Crippen LogP) is 3.05. The number of aldehydes is 1. The van der Waals surface area contributed by atoms with Gasteiger partial charge in [0.25, 0.3) is 0 Å². The molecule has 0 saturated heterocycles. The minimum absolute atomic E-state index is 0.0636. The highest BCUT2D eigenvalue weighted by atomic mass is 35.5. The van der Waals surface area contributed by atoms with Gasteiger partial charge in [0.2, 0.25) is 0 Å². The van der Waals surface area contributed by atoms with Crippen LogP contribution in [0.5, 0.6) is 5.75 Å². The molecule has 0 aliphatic heterocycles. The first-order chi connectivity index (χ1) is 6.42. The fourth-order valence-electron chi connectivity index (χ4n) is 0.796. The molecule has 6 heteroatoms. The molecule has 1 rings (SSSR count). The molecule has 0 amide bonds. The molecule has 0 fully saturated rings. The molecule has 0 saturated carbocycles.